The van der Waals surface area contributed by atoms with Gasteiger partial charge in [0.05, 0.1) is 0 Å². The van der Waals surface area contributed by atoms with Crippen molar-refractivity contribution in [2.75, 3.05) is 13.1 Å². The molecule has 1 saturated heterocycles. The van der Waals surface area contributed by atoms with Gasteiger partial charge < -0.3 is 14.6 Å². The van der Waals surface area contributed by atoms with Crippen molar-refractivity contribution in [1.29, 1.82) is 0 Å². The monoisotopic (exact) mass is 377 g/mol. The first-order valence-electron chi connectivity index (χ1n) is 7.39. The first kappa shape index (κ1) is 15.7. The highest BCUT2D eigenvalue weighted by Crippen LogP contribution is 2.17. The third-order valence-corrected chi connectivity index (χ3v) is 4.27. The van der Waals surface area contributed by atoms with Crippen molar-refractivity contribution in [3.05, 3.63) is 52.7 Å². The minimum atomic E-state index is -0.227. The number of furan rings is 1. The maximum Gasteiger partial charge on any atom is 0.287 e. The molecule has 7 heteroatoms. The molecular formula is C16H16BrN3O3. The average Bonchev–Trinajstić information content (AvgIpc) is 3.02. The molecule has 6 nitrogen and oxygen atoms in total. The summed E-state index contributed by atoms with van der Waals surface area (Å²) in [5.41, 5.74) is 0.642. The van der Waals surface area contributed by atoms with Crippen LogP contribution in [0.15, 0.2) is 45.7 Å². The van der Waals surface area contributed by atoms with Crippen molar-refractivity contribution in [3.63, 3.8) is 0 Å². The van der Waals surface area contributed by atoms with Crippen molar-refractivity contribution >= 4 is 27.7 Å². The minimum Gasteiger partial charge on any atom is -0.444 e. The molecule has 0 atom stereocenters. The van der Waals surface area contributed by atoms with Gasteiger partial charge in [0.1, 0.15) is 0 Å². The highest BCUT2D eigenvalue weighted by atomic mass is 79.9. The predicted octanol–water partition coefficient (Wildman–Crippen LogP) is 2.47. The SMILES string of the molecule is O=C(NC1CCN(C(=O)c2ccncc2)CC1)c1ccc(Br)o1. The molecule has 1 fully saturated rings. The zero-order chi connectivity index (χ0) is 16.2. The summed E-state index contributed by atoms with van der Waals surface area (Å²) in [6.07, 6.45) is 4.68. The third kappa shape index (κ3) is 3.79. The molecular weight excluding hydrogens is 362 g/mol. The number of hydrogen-bond donors (Lipinski definition) is 1. The number of rotatable bonds is 3. The molecule has 1 aliphatic heterocycles. The van der Waals surface area contributed by atoms with E-state index in [0.717, 1.165) is 12.8 Å². The van der Waals surface area contributed by atoms with E-state index < -0.39 is 0 Å². The van der Waals surface area contributed by atoms with Gasteiger partial charge in [0, 0.05) is 37.1 Å². The molecule has 2 aromatic rings. The molecule has 2 amide bonds. The Kier molecular flexibility index (Phi) is 4.76. The van der Waals surface area contributed by atoms with E-state index in [-0.39, 0.29) is 23.6 Å². The van der Waals surface area contributed by atoms with E-state index in [1.165, 1.54) is 0 Å². The number of aromatic nitrogens is 1. The lowest BCUT2D eigenvalue weighted by atomic mass is 10.0. The highest BCUT2D eigenvalue weighted by Gasteiger charge is 2.25. The first-order chi connectivity index (χ1) is 11.1. The van der Waals surface area contributed by atoms with Crippen LogP contribution < -0.4 is 5.32 Å². The normalized spacial score (nSPS) is 15.4. The molecule has 120 valence electrons. The number of carbonyl (C=O) groups is 2. The van der Waals surface area contributed by atoms with Gasteiger partial charge in [-0.1, -0.05) is 0 Å². The van der Waals surface area contributed by atoms with Crippen molar-refractivity contribution < 1.29 is 14.0 Å². The smallest absolute Gasteiger partial charge is 0.287 e. The zero-order valence-corrected chi connectivity index (χ0v) is 14.0. The largest absolute Gasteiger partial charge is 0.444 e. The van der Waals surface area contributed by atoms with E-state index in [1.807, 2.05) is 4.90 Å². The third-order valence-electron chi connectivity index (χ3n) is 3.84. The Labute approximate surface area is 142 Å². The summed E-state index contributed by atoms with van der Waals surface area (Å²) >= 11 is 3.18. The number of carbonyl (C=O) groups excluding carboxylic acids is 2. The number of amides is 2. The second-order valence-electron chi connectivity index (χ2n) is 5.38. The molecule has 1 aliphatic rings. The van der Waals surface area contributed by atoms with Gasteiger partial charge in [0.2, 0.25) is 0 Å². The van der Waals surface area contributed by atoms with E-state index in [4.69, 9.17) is 4.42 Å². The average molecular weight is 378 g/mol. The van der Waals surface area contributed by atoms with Crippen LogP contribution in [0.1, 0.15) is 33.8 Å². The molecule has 0 unspecified atom stereocenters. The second kappa shape index (κ2) is 6.95. The fourth-order valence-corrected chi connectivity index (χ4v) is 2.90. The fourth-order valence-electron chi connectivity index (χ4n) is 2.60. The predicted molar refractivity (Wildman–Crippen MR) is 87.0 cm³/mol. The van der Waals surface area contributed by atoms with Crippen LogP contribution in [-0.4, -0.2) is 40.8 Å². The topological polar surface area (TPSA) is 75.4 Å². The Morgan fingerprint density at radius 2 is 1.87 bits per heavy atom. The summed E-state index contributed by atoms with van der Waals surface area (Å²) in [6, 6.07) is 6.79. The van der Waals surface area contributed by atoms with E-state index >= 15 is 0 Å². The molecule has 3 rings (SSSR count). The molecule has 3 heterocycles. The van der Waals surface area contributed by atoms with Crippen molar-refractivity contribution in [1.82, 2.24) is 15.2 Å². The molecule has 0 saturated carbocycles. The lowest BCUT2D eigenvalue weighted by molar-refractivity contribution is 0.0695. The number of pyridine rings is 1. The lowest BCUT2D eigenvalue weighted by Crippen LogP contribution is -2.46. The number of piperidine rings is 1. The van der Waals surface area contributed by atoms with Crippen LogP contribution in [0.3, 0.4) is 0 Å². The molecule has 0 aromatic carbocycles. The molecule has 2 aromatic heterocycles. The maximum atomic E-state index is 12.3. The Morgan fingerprint density at radius 3 is 2.48 bits per heavy atom. The maximum absolute atomic E-state index is 12.3. The van der Waals surface area contributed by atoms with Crippen LogP contribution in [-0.2, 0) is 0 Å². The molecule has 0 bridgehead atoms. The highest BCUT2D eigenvalue weighted by molar-refractivity contribution is 9.10. The summed E-state index contributed by atoms with van der Waals surface area (Å²) in [4.78, 5) is 30.1. The number of halogens is 1. The van der Waals surface area contributed by atoms with Crippen LogP contribution >= 0.6 is 15.9 Å². The summed E-state index contributed by atoms with van der Waals surface area (Å²) in [6.45, 7) is 1.24. The lowest BCUT2D eigenvalue weighted by Gasteiger charge is -2.32. The van der Waals surface area contributed by atoms with E-state index in [0.29, 0.717) is 23.3 Å². The van der Waals surface area contributed by atoms with Gasteiger partial charge in [-0.15, -0.1) is 0 Å². The van der Waals surface area contributed by atoms with Gasteiger partial charge in [0.15, 0.2) is 10.4 Å². The van der Waals surface area contributed by atoms with E-state index in [2.05, 4.69) is 26.2 Å². The standard InChI is InChI=1S/C16H16BrN3O3/c17-14-2-1-13(23-14)15(21)19-12-5-9-20(10-6-12)16(22)11-3-7-18-8-4-11/h1-4,7-8,12H,5-6,9-10H2,(H,19,21). The van der Waals surface area contributed by atoms with E-state index in [9.17, 15) is 9.59 Å². The summed E-state index contributed by atoms with van der Waals surface area (Å²) in [5.74, 6) is 0.0638. The van der Waals surface area contributed by atoms with Crippen LogP contribution in [0.25, 0.3) is 0 Å². The number of nitrogens with zero attached hydrogens (tertiary/aromatic N) is 2. The van der Waals surface area contributed by atoms with Gasteiger partial charge in [0.25, 0.3) is 11.8 Å². The van der Waals surface area contributed by atoms with Crippen LogP contribution in [0, 0.1) is 0 Å². The zero-order valence-electron chi connectivity index (χ0n) is 12.4. The van der Waals surface area contributed by atoms with Gasteiger partial charge in [-0.2, -0.15) is 0 Å². The van der Waals surface area contributed by atoms with Crippen molar-refractivity contribution in [2.24, 2.45) is 0 Å². The molecule has 0 spiro atoms. The Bertz CT molecular complexity index is 694. The first-order valence-corrected chi connectivity index (χ1v) is 8.18. The van der Waals surface area contributed by atoms with Crippen molar-refractivity contribution in [2.45, 2.75) is 18.9 Å². The molecule has 0 radical (unpaired) electrons. The fraction of sp³-hybridized carbons (Fsp3) is 0.312. The molecule has 23 heavy (non-hydrogen) atoms. The minimum absolute atomic E-state index is 0.00661. The second-order valence-corrected chi connectivity index (χ2v) is 6.16. The van der Waals surface area contributed by atoms with E-state index in [1.54, 1.807) is 36.7 Å². The van der Waals surface area contributed by atoms with Gasteiger partial charge in [-0.25, -0.2) is 0 Å². The van der Waals surface area contributed by atoms with Crippen LogP contribution in [0.4, 0.5) is 0 Å². The van der Waals surface area contributed by atoms with Gasteiger partial charge in [-0.3, -0.25) is 14.6 Å². The Balaban J connectivity index is 1.52. The Morgan fingerprint density at radius 1 is 1.17 bits per heavy atom. The summed E-state index contributed by atoms with van der Waals surface area (Å²) in [5, 5.41) is 2.95. The number of likely N-dealkylation sites (tertiary alicyclic amines) is 1. The summed E-state index contributed by atoms with van der Waals surface area (Å²) < 4.78 is 5.77. The number of hydrogen-bond acceptors (Lipinski definition) is 4. The summed E-state index contributed by atoms with van der Waals surface area (Å²) in [7, 11) is 0. The van der Waals surface area contributed by atoms with Gasteiger partial charge >= 0.3 is 0 Å². The number of nitrogens with one attached hydrogen (secondary N) is 1. The molecule has 0 aliphatic carbocycles. The van der Waals surface area contributed by atoms with Crippen LogP contribution in [0.5, 0.6) is 0 Å². The quantitative estimate of drug-likeness (QED) is 0.891. The van der Waals surface area contributed by atoms with Crippen LogP contribution in [0.2, 0.25) is 0 Å². The molecule has 1 N–H and O–H groups in total. The Hall–Kier alpha value is -2.15. The van der Waals surface area contributed by atoms with Crippen molar-refractivity contribution in [3.8, 4) is 0 Å². The van der Waals surface area contributed by atoms with Gasteiger partial charge in [-0.05, 0) is 53.0 Å².